The molecule has 0 amide bonds. The van der Waals surface area contributed by atoms with Gasteiger partial charge in [0.05, 0.1) is 11.4 Å². The van der Waals surface area contributed by atoms with Crippen molar-refractivity contribution in [1.29, 1.82) is 0 Å². The summed E-state index contributed by atoms with van der Waals surface area (Å²) < 4.78 is 12.5. The molecular weight excluding hydrogens is 370 g/mol. The zero-order valence-electron chi connectivity index (χ0n) is 14.7. The molecule has 4 aromatic carbocycles. The normalized spacial score (nSPS) is 13.0. The number of hydrogen-bond donors (Lipinski definition) is 0. The summed E-state index contributed by atoms with van der Waals surface area (Å²) in [5.74, 6) is 3.22. The summed E-state index contributed by atoms with van der Waals surface area (Å²) in [5.41, 5.74) is 5.00. The molecule has 0 aliphatic carbocycles. The lowest BCUT2D eigenvalue weighted by molar-refractivity contribution is 0.447. The van der Waals surface area contributed by atoms with Crippen molar-refractivity contribution in [2.24, 2.45) is 0 Å². The van der Waals surface area contributed by atoms with E-state index >= 15 is 0 Å². The molecule has 0 saturated carbocycles. The zero-order chi connectivity index (χ0) is 18.7. The Hall–Kier alpha value is -3.43. The number of rotatable bonds is 1. The minimum Gasteiger partial charge on any atom is -0.453 e. The molecule has 3 nitrogen and oxygen atoms in total. The first-order chi connectivity index (χ1) is 13.8. The highest BCUT2D eigenvalue weighted by molar-refractivity contribution is 6.30. The Kier molecular flexibility index (Phi) is 3.22. The summed E-state index contributed by atoms with van der Waals surface area (Å²) in [6.07, 6.45) is 0. The summed E-state index contributed by atoms with van der Waals surface area (Å²) in [6, 6.07) is 28.0. The third-order valence-corrected chi connectivity index (χ3v) is 5.37. The summed E-state index contributed by atoms with van der Waals surface area (Å²) in [7, 11) is 0. The molecular formula is C24H14ClNO2. The molecule has 28 heavy (non-hydrogen) atoms. The van der Waals surface area contributed by atoms with Crippen molar-refractivity contribution in [3.63, 3.8) is 0 Å². The van der Waals surface area contributed by atoms with Crippen LogP contribution in [0.25, 0.3) is 11.1 Å². The maximum absolute atomic E-state index is 6.40. The maximum Gasteiger partial charge on any atom is 0.159 e. The van der Waals surface area contributed by atoms with Crippen LogP contribution >= 0.6 is 11.6 Å². The Morgan fingerprint density at radius 2 is 1.29 bits per heavy atom. The van der Waals surface area contributed by atoms with Gasteiger partial charge < -0.3 is 9.47 Å². The van der Waals surface area contributed by atoms with Crippen LogP contribution in [-0.2, 0) is 0 Å². The van der Waals surface area contributed by atoms with E-state index in [4.69, 9.17) is 21.1 Å². The molecule has 0 aromatic heterocycles. The van der Waals surface area contributed by atoms with Crippen LogP contribution in [0.2, 0.25) is 5.02 Å². The number of hydrogen-bond acceptors (Lipinski definition) is 3. The minimum absolute atomic E-state index is 0.714. The lowest BCUT2D eigenvalue weighted by Gasteiger charge is -2.38. The highest BCUT2D eigenvalue weighted by Gasteiger charge is 2.35. The fourth-order valence-electron chi connectivity index (χ4n) is 3.88. The van der Waals surface area contributed by atoms with Crippen LogP contribution in [0.3, 0.4) is 0 Å². The van der Waals surface area contributed by atoms with Gasteiger partial charge in [-0.05, 0) is 48.0 Å². The van der Waals surface area contributed by atoms with Gasteiger partial charge >= 0.3 is 0 Å². The van der Waals surface area contributed by atoms with E-state index in [2.05, 4.69) is 29.2 Å². The number of nitrogens with zero attached hydrogens (tertiary/aromatic N) is 1. The molecule has 2 aliphatic rings. The van der Waals surface area contributed by atoms with Crippen molar-refractivity contribution < 1.29 is 9.47 Å². The van der Waals surface area contributed by atoms with Crippen molar-refractivity contribution >= 4 is 28.7 Å². The number of benzene rings is 4. The SMILES string of the molecule is Clc1ccc(-c2cccc3c2Oc2cccc4c2N3c2ccccc2O4)cc1. The molecule has 0 spiro atoms. The lowest BCUT2D eigenvalue weighted by Crippen LogP contribution is -2.20. The van der Waals surface area contributed by atoms with Gasteiger partial charge in [0.1, 0.15) is 5.69 Å². The Morgan fingerprint density at radius 1 is 0.607 bits per heavy atom. The Labute approximate surface area is 167 Å². The van der Waals surface area contributed by atoms with Gasteiger partial charge in [0.25, 0.3) is 0 Å². The Balaban J connectivity index is 1.63. The van der Waals surface area contributed by atoms with Gasteiger partial charge in [0.2, 0.25) is 0 Å². The van der Waals surface area contributed by atoms with E-state index in [-0.39, 0.29) is 0 Å². The Bertz CT molecular complexity index is 1230. The van der Waals surface area contributed by atoms with E-state index < -0.39 is 0 Å². The molecule has 6 rings (SSSR count). The van der Waals surface area contributed by atoms with Crippen LogP contribution in [0.5, 0.6) is 23.0 Å². The third-order valence-electron chi connectivity index (χ3n) is 5.11. The summed E-state index contributed by atoms with van der Waals surface area (Å²) >= 11 is 6.08. The van der Waals surface area contributed by atoms with Gasteiger partial charge in [-0.1, -0.05) is 54.1 Å². The van der Waals surface area contributed by atoms with E-state index in [1.165, 1.54) is 0 Å². The molecule has 2 aliphatic heterocycles. The fraction of sp³-hybridized carbons (Fsp3) is 0. The van der Waals surface area contributed by atoms with E-state index in [0.717, 1.165) is 51.2 Å². The molecule has 0 radical (unpaired) electrons. The van der Waals surface area contributed by atoms with Gasteiger partial charge in [-0.3, -0.25) is 4.90 Å². The maximum atomic E-state index is 6.40. The van der Waals surface area contributed by atoms with Gasteiger partial charge in [0, 0.05) is 10.6 Å². The summed E-state index contributed by atoms with van der Waals surface area (Å²) in [5, 5.41) is 0.714. The van der Waals surface area contributed by atoms with Crippen LogP contribution in [0.4, 0.5) is 17.1 Å². The van der Waals surface area contributed by atoms with E-state index in [1.54, 1.807) is 0 Å². The van der Waals surface area contributed by atoms with Gasteiger partial charge in [-0.25, -0.2) is 0 Å². The monoisotopic (exact) mass is 383 g/mol. The molecule has 2 heterocycles. The minimum atomic E-state index is 0.714. The quantitative estimate of drug-likeness (QED) is 0.290. The van der Waals surface area contributed by atoms with E-state index in [1.807, 2.05) is 60.7 Å². The zero-order valence-corrected chi connectivity index (χ0v) is 15.5. The molecule has 0 saturated heterocycles. The largest absolute Gasteiger partial charge is 0.453 e. The molecule has 0 N–H and O–H groups in total. The first-order valence-electron chi connectivity index (χ1n) is 9.06. The van der Waals surface area contributed by atoms with Crippen LogP contribution in [0.15, 0.2) is 84.9 Å². The molecule has 134 valence electrons. The topological polar surface area (TPSA) is 21.7 Å². The van der Waals surface area contributed by atoms with Crippen molar-refractivity contribution in [3.8, 4) is 34.1 Å². The van der Waals surface area contributed by atoms with E-state index in [9.17, 15) is 0 Å². The Morgan fingerprint density at radius 3 is 2.14 bits per heavy atom. The average Bonchev–Trinajstić information content (AvgIpc) is 2.74. The summed E-state index contributed by atoms with van der Waals surface area (Å²) in [6.45, 7) is 0. The number of ether oxygens (including phenoxy) is 2. The first-order valence-corrected chi connectivity index (χ1v) is 9.44. The molecule has 0 unspecified atom stereocenters. The number of anilines is 3. The standard InChI is InChI=1S/C24H14ClNO2/c25-16-13-11-15(12-14-16)17-5-3-7-19-24(17)28-22-10-4-9-21-23(22)26(19)18-6-1-2-8-20(18)27-21/h1-14H. The van der Waals surface area contributed by atoms with Crippen LogP contribution < -0.4 is 14.4 Å². The molecule has 4 heteroatoms. The van der Waals surface area contributed by atoms with Crippen LogP contribution in [-0.4, -0.2) is 0 Å². The van der Waals surface area contributed by atoms with Gasteiger partial charge in [-0.15, -0.1) is 0 Å². The molecule has 0 bridgehead atoms. The van der Waals surface area contributed by atoms with Gasteiger partial charge in [-0.2, -0.15) is 0 Å². The second-order valence-electron chi connectivity index (χ2n) is 6.77. The van der Waals surface area contributed by atoms with Crippen molar-refractivity contribution in [2.75, 3.05) is 4.90 Å². The van der Waals surface area contributed by atoms with Crippen molar-refractivity contribution in [3.05, 3.63) is 90.0 Å². The van der Waals surface area contributed by atoms with Gasteiger partial charge in [0.15, 0.2) is 23.0 Å². The molecule has 0 fully saturated rings. The number of fused-ring (bicyclic) bond motifs is 4. The smallest absolute Gasteiger partial charge is 0.159 e. The first kappa shape index (κ1) is 15.6. The lowest BCUT2D eigenvalue weighted by atomic mass is 10.0. The van der Waals surface area contributed by atoms with Crippen LogP contribution in [0.1, 0.15) is 0 Å². The van der Waals surface area contributed by atoms with Crippen molar-refractivity contribution in [2.45, 2.75) is 0 Å². The van der Waals surface area contributed by atoms with E-state index in [0.29, 0.717) is 5.02 Å². The molecule has 0 atom stereocenters. The highest BCUT2D eigenvalue weighted by atomic mass is 35.5. The predicted octanol–water partition coefficient (Wildman–Crippen LogP) is 7.69. The second-order valence-corrected chi connectivity index (χ2v) is 7.21. The molecule has 4 aromatic rings. The van der Waals surface area contributed by atoms with Crippen molar-refractivity contribution in [1.82, 2.24) is 0 Å². The van der Waals surface area contributed by atoms with Crippen LogP contribution in [0, 0.1) is 0 Å². The average molecular weight is 384 g/mol. The number of halogens is 1. The third kappa shape index (κ3) is 2.17. The summed E-state index contributed by atoms with van der Waals surface area (Å²) in [4.78, 5) is 2.22. The number of para-hydroxylation sites is 4. The fourth-order valence-corrected chi connectivity index (χ4v) is 4.01. The predicted molar refractivity (Wildman–Crippen MR) is 112 cm³/mol. The highest BCUT2D eigenvalue weighted by Crippen LogP contribution is 2.60. The second kappa shape index (κ2) is 5.78.